The van der Waals surface area contributed by atoms with Crippen molar-refractivity contribution in [3.05, 3.63) is 28.3 Å². The standard InChI is InChI=1S/C13H20N4OS/c1-4-14-10(3)12-16-17-13(18-12)15-9(2)8-11-6-5-7-19-11/h5-7,9-10,14H,4,8H2,1-3H3,(H,15,17). The van der Waals surface area contributed by atoms with Crippen LogP contribution >= 0.6 is 11.3 Å². The maximum absolute atomic E-state index is 5.60. The van der Waals surface area contributed by atoms with Gasteiger partial charge in [0.25, 0.3) is 0 Å². The second-order valence-electron chi connectivity index (χ2n) is 4.55. The molecule has 0 fully saturated rings. The molecule has 2 aromatic rings. The third kappa shape index (κ3) is 4.04. The van der Waals surface area contributed by atoms with Crippen LogP contribution in [0.15, 0.2) is 21.9 Å². The fraction of sp³-hybridized carbons (Fsp3) is 0.538. The average molecular weight is 280 g/mol. The lowest BCUT2D eigenvalue weighted by Crippen LogP contribution is -2.18. The molecule has 0 aliphatic heterocycles. The number of hydrogen-bond donors (Lipinski definition) is 2. The minimum Gasteiger partial charge on any atom is -0.406 e. The Morgan fingerprint density at radius 3 is 2.89 bits per heavy atom. The van der Waals surface area contributed by atoms with Gasteiger partial charge < -0.3 is 15.1 Å². The summed E-state index contributed by atoms with van der Waals surface area (Å²) in [6, 6.07) is 5.04. The van der Waals surface area contributed by atoms with Crippen molar-refractivity contribution in [3.8, 4) is 0 Å². The van der Waals surface area contributed by atoms with Gasteiger partial charge in [0.05, 0.1) is 6.04 Å². The van der Waals surface area contributed by atoms with Crippen LogP contribution < -0.4 is 10.6 Å². The number of thiophene rings is 1. The molecule has 0 bridgehead atoms. The SMILES string of the molecule is CCNC(C)c1nnc(NC(C)Cc2cccs2)o1. The van der Waals surface area contributed by atoms with Crippen LogP contribution in [0.2, 0.25) is 0 Å². The zero-order valence-corrected chi connectivity index (χ0v) is 12.3. The first-order chi connectivity index (χ1) is 9.19. The Morgan fingerprint density at radius 1 is 1.37 bits per heavy atom. The van der Waals surface area contributed by atoms with Gasteiger partial charge in [-0.25, -0.2) is 0 Å². The molecule has 0 saturated carbocycles. The van der Waals surface area contributed by atoms with E-state index in [1.54, 1.807) is 11.3 Å². The lowest BCUT2D eigenvalue weighted by Gasteiger charge is -2.10. The van der Waals surface area contributed by atoms with Crippen molar-refractivity contribution in [3.63, 3.8) is 0 Å². The van der Waals surface area contributed by atoms with Gasteiger partial charge in [-0.15, -0.1) is 16.4 Å². The van der Waals surface area contributed by atoms with E-state index in [-0.39, 0.29) is 12.1 Å². The van der Waals surface area contributed by atoms with Gasteiger partial charge in [-0.05, 0) is 31.8 Å². The summed E-state index contributed by atoms with van der Waals surface area (Å²) in [5.74, 6) is 0.618. The van der Waals surface area contributed by atoms with E-state index in [1.165, 1.54) is 4.88 Å². The smallest absolute Gasteiger partial charge is 0.315 e. The highest BCUT2D eigenvalue weighted by atomic mass is 32.1. The van der Waals surface area contributed by atoms with Crippen molar-refractivity contribution in [2.75, 3.05) is 11.9 Å². The highest BCUT2D eigenvalue weighted by Gasteiger charge is 2.14. The van der Waals surface area contributed by atoms with E-state index < -0.39 is 0 Å². The molecule has 0 spiro atoms. The second kappa shape index (κ2) is 6.68. The average Bonchev–Trinajstić information content (AvgIpc) is 3.00. The van der Waals surface area contributed by atoms with Gasteiger partial charge in [-0.3, -0.25) is 0 Å². The molecule has 104 valence electrons. The van der Waals surface area contributed by atoms with Crippen molar-refractivity contribution in [1.29, 1.82) is 0 Å². The minimum atomic E-state index is 0.0839. The molecular weight excluding hydrogens is 260 g/mol. The number of nitrogens with zero attached hydrogens (tertiary/aromatic N) is 2. The normalized spacial score (nSPS) is 14.3. The van der Waals surface area contributed by atoms with E-state index in [0.29, 0.717) is 11.9 Å². The molecule has 2 heterocycles. The third-order valence-electron chi connectivity index (χ3n) is 2.78. The van der Waals surface area contributed by atoms with Gasteiger partial charge >= 0.3 is 6.01 Å². The third-order valence-corrected chi connectivity index (χ3v) is 3.68. The number of hydrogen-bond acceptors (Lipinski definition) is 6. The van der Waals surface area contributed by atoms with Crippen LogP contribution in [0.5, 0.6) is 0 Å². The summed E-state index contributed by atoms with van der Waals surface area (Å²) in [6.07, 6.45) is 0.956. The molecule has 0 radical (unpaired) electrons. The fourth-order valence-electron chi connectivity index (χ4n) is 1.85. The monoisotopic (exact) mass is 280 g/mol. The summed E-state index contributed by atoms with van der Waals surface area (Å²) in [6.45, 7) is 7.05. The Hall–Kier alpha value is -1.40. The first-order valence-electron chi connectivity index (χ1n) is 6.54. The predicted molar refractivity (Wildman–Crippen MR) is 77.5 cm³/mol. The lowest BCUT2D eigenvalue weighted by atomic mass is 10.2. The van der Waals surface area contributed by atoms with Gasteiger partial charge in [-0.1, -0.05) is 18.1 Å². The number of aromatic nitrogens is 2. The molecule has 0 aromatic carbocycles. The molecule has 2 aromatic heterocycles. The summed E-state index contributed by atoms with van der Waals surface area (Å²) >= 11 is 1.76. The molecule has 19 heavy (non-hydrogen) atoms. The number of rotatable bonds is 7. The summed E-state index contributed by atoms with van der Waals surface area (Å²) < 4.78 is 5.60. The molecule has 2 atom stereocenters. The van der Waals surface area contributed by atoms with Crippen molar-refractivity contribution in [1.82, 2.24) is 15.5 Å². The van der Waals surface area contributed by atoms with Crippen molar-refractivity contribution >= 4 is 17.4 Å². The highest BCUT2D eigenvalue weighted by Crippen LogP contribution is 2.16. The van der Waals surface area contributed by atoms with Crippen molar-refractivity contribution in [2.45, 2.75) is 39.3 Å². The number of nitrogens with one attached hydrogen (secondary N) is 2. The topological polar surface area (TPSA) is 63.0 Å². The number of anilines is 1. The van der Waals surface area contributed by atoms with E-state index in [1.807, 2.05) is 6.92 Å². The largest absolute Gasteiger partial charge is 0.406 e. The van der Waals surface area contributed by atoms with Crippen molar-refractivity contribution < 1.29 is 4.42 Å². The molecule has 0 aliphatic rings. The predicted octanol–water partition coefficient (Wildman–Crippen LogP) is 2.84. The zero-order chi connectivity index (χ0) is 13.7. The van der Waals surface area contributed by atoms with Crippen LogP contribution in [0.4, 0.5) is 6.01 Å². The van der Waals surface area contributed by atoms with Gasteiger partial charge in [0.1, 0.15) is 0 Å². The van der Waals surface area contributed by atoms with E-state index in [9.17, 15) is 0 Å². The van der Waals surface area contributed by atoms with Crippen molar-refractivity contribution in [2.24, 2.45) is 0 Å². The zero-order valence-electron chi connectivity index (χ0n) is 11.5. The summed E-state index contributed by atoms with van der Waals surface area (Å²) in [4.78, 5) is 1.35. The lowest BCUT2D eigenvalue weighted by molar-refractivity contribution is 0.427. The summed E-state index contributed by atoms with van der Waals surface area (Å²) in [5.41, 5.74) is 0. The molecule has 0 aliphatic carbocycles. The molecule has 2 unspecified atom stereocenters. The highest BCUT2D eigenvalue weighted by molar-refractivity contribution is 7.09. The Labute approximate surface area is 117 Å². The maximum Gasteiger partial charge on any atom is 0.315 e. The van der Waals surface area contributed by atoms with Crippen LogP contribution in [0.3, 0.4) is 0 Å². The molecule has 2 rings (SSSR count). The van der Waals surface area contributed by atoms with Crippen LogP contribution in [-0.2, 0) is 6.42 Å². The maximum atomic E-state index is 5.60. The Balaban J connectivity index is 1.88. The fourth-order valence-corrected chi connectivity index (χ4v) is 2.69. The van der Waals surface area contributed by atoms with E-state index in [4.69, 9.17) is 4.42 Å². The Bertz CT molecular complexity index is 483. The Morgan fingerprint density at radius 2 is 2.21 bits per heavy atom. The second-order valence-corrected chi connectivity index (χ2v) is 5.59. The van der Waals surface area contributed by atoms with Crippen LogP contribution in [0.1, 0.15) is 37.6 Å². The van der Waals surface area contributed by atoms with E-state index in [2.05, 4.69) is 52.2 Å². The molecule has 2 N–H and O–H groups in total. The molecule has 0 amide bonds. The van der Waals surface area contributed by atoms with E-state index >= 15 is 0 Å². The summed E-state index contributed by atoms with van der Waals surface area (Å²) in [5, 5.41) is 16.6. The first-order valence-corrected chi connectivity index (χ1v) is 7.42. The van der Waals surface area contributed by atoms with Gasteiger partial charge in [0, 0.05) is 17.3 Å². The van der Waals surface area contributed by atoms with Gasteiger partial charge in [0.15, 0.2) is 0 Å². The minimum absolute atomic E-state index is 0.0839. The molecular formula is C13H20N4OS. The molecule has 5 nitrogen and oxygen atoms in total. The van der Waals surface area contributed by atoms with Crippen LogP contribution in [0.25, 0.3) is 0 Å². The summed E-state index contributed by atoms with van der Waals surface area (Å²) in [7, 11) is 0. The van der Waals surface area contributed by atoms with Crippen LogP contribution in [0, 0.1) is 0 Å². The van der Waals surface area contributed by atoms with E-state index in [0.717, 1.165) is 13.0 Å². The molecule has 0 saturated heterocycles. The van der Waals surface area contributed by atoms with Gasteiger partial charge in [0.2, 0.25) is 5.89 Å². The van der Waals surface area contributed by atoms with Gasteiger partial charge in [-0.2, -0.15) is 0 Å². The Kier molecular flexibility index (Phi) is 4.93. The molecule has 6 heteroatoms. The van der Waals surface area contributed by atoms with Crippen LogP contribution in [-0.4, -0.2) is 22.8 Å². The quantitative estimate of drug-likeness (QED) is 0.816. The first kappa shape index (κ1) is 14.0.